The van der Waals surface area contributed by atoms with E-state index in [1.807, 2.05) is 0 Å². The fourth-order valence-corrected chi connectivity index (χ4v) is 2.25. The third-order valence-corrected chi connectivity index (χ3v) is 3.38. The number of fused-ring (bicyclic) bond motifs is 1. The average Bonchev–Trinajstić information content (AvgIpc) is 2.93. The highest BCUT2D eigenvalue weighted by molar-refractivity contribution is 6.06. The summed E-state index contributed by atoms with van der Waals surface area (Å²) in [5, 5.41) is 3.05. The normalized spacial score (nSPS) is 10.6. The van der Waals surface area contributed by atoms with E-state index in [1.54, 1.807) is 36.4 Å². The number of nitrogens with one attached hydrogen (secondary N) is 2. The van der Waals surface area contributed by atoms with Crippen molar-refractivity contribution >= 4 is 28.3 Å². The molecule has 0 bridgehead atoms. The van der Waals surface area contributed by atoms with E-state index in [-0.39, 0.29) is 17.3 Å². The molecule has 2 N–H and O–H groups in total. The number of carbonyl (C=O) groups excluding carboxylic acids is 2. The van der Waals surface area contributed by atoms with Gasteiger partial charge in [0.05, 0.1) is 0 Å². The lowest BCUT2D eigenvalue weighted by atomic mass is 10.1. The highest BCUT2D eigenvalue weighted by Gasteiger charge is 2.12. The number of H-pyrrole nitrogens is 1. The molecular weight excluding hydrogens is 283 g/mol. The van der Waals surface area contributed by atoms with E-state index >= 15 is 0 Å². The van der Waals surface area contributed by atoms with Crippen LogP contribution >= 0.6 is 0 Å². The van der Waals surface area contributed by atoms with Crippen molar-refractivity contribution < 1.29 is 14.0 Å². The molecule has 0 atom stereocenters. The Morgan fingerprint density at radius 2 is 1.86 bits per heavy atom. The number of benzene rings is 2. The van der Waals surface area contributed by atoms with Crippen molar-refractivity contribution in [3.63, 3.8) is 0 Å². The summed E-state index contributed by atoms with van der Waals surface area (Å²) in [6.45, 7) is 1.46. The zero-order valence-electron chi connectivity index (χ0n) is 11.8. The van der Waals surface area contributed by atoms with E-state index in [9.17, 15) is 14.0 Å². The number of aromatic amines is 1. The molecule has 0 radical (unpaired) electrons. The monoisotopic (exact) mass is 296 g/mol. The number of hydrogen-bond acceptors (Lipinski definition) is 2. The van der Waals surface area contributed by atoms with Crippen LogP contribution in [0.2, 0.25) is 0 Å². The number of rotatable bonds is 3. The summed E-state index contributed by atoms with van der Waals surface area (Å²) < 4.78 is 13.6. The van der Waals surface area contributed by atoms with Crippen LogP contribution in [0.25, 0.3) is 10.9 Å². The first kappa shape index (κ1) is 14.0. The van der Waals surface area contributed by atoms with Crippen LogP contribution in [0.15, 0.2) is 48.5 Å². The van der Waals surface area contributed by atoms with Crippen molar-refractivity contribution in [3.05, 3.63) is 65.6 Å². The number of halogens is 1. The Bertz CT molecular complexity index is 883. The van der Waals surface area contributed by atoms with Gasteiger partial charge in [0.1, 0.15) is 11.5 Å². The fraction of sp³-hybridized carbons (Fsp3) is 0.0588. The van der Waals surface area contributed by atoms with Crippen LogP contribution in [0.3, 0.4) is 0 Å². The molecule has 5 heteroatoms. The van der Waals surface area contributed by atoms with Crippen LogP contribution in [0.4, 0.5) is 10.1 Å². The van der Waals surface area contributed by atoms with Crippen LogP contribution < -0.4 is 5.32 Å². The number of Topliss-reactive ketones (excluding diaryl/α,β-unsaturated/α-hetero) is 1. The minimum Gasteiger partial charge on any atom is -0.350 e. The molecule has 0 spiro atoms. The summed E-state index contributed by atoms with van der Waals surface area (Å²) in [5.41, 5.74) is 1.84. The first-order chi connectivity index (χ1) is 10.5. The van der Waals surface area contributed by atoms with E-state index in [4.69, 9.17) is 0 Å². The van der Waals surface area contributed by atoms with Crippen LogP contribution in [-0.4, -0.2) is 16.7 Å². The van der Waals surface area contributed by atoms with Gasteiger partial charge in [-0.1, -0.05) is 18.2 Å². The highest BCUT2D eigenvalue weighted by Crippen LogP contribution is 2.20. The van der Waals surface area contributed by atoms with Crippen LogP contribution in [0.5, 0.6) is 0 Å². The first-order valence-corrected chi connectivity index (χ1v) is 6.74. The van der Waals surface area contributed by atoms with Gasteiger partial charge < -0.3 is 10.3 Å². The van der Waals surface area contributed by atoms with Crippen LogP contribution in [0.1, 0.15) is 27.8 Å². The molecule has 22 heavy (non-hydrogen) atoms. The molecule has 0 saturated carbocycles. The molecule has 0 aliphatic heterocycles. The maximum atomic E-state index is 13.6. The highest BCUT2D eigenvalue weighted by atomic mass is 19.1. The van der Waals surface area contributed by atoms with Gasteiger partial charge in [-0.2, -0.15) is 0 Å². The fourth-order valence-electron chi connectivity index (χ4n) is 2.25. The lowest BCUT2D eigenvalue weighted by Gasteiger charge is -2.05. The summed E-state index contributed by atoms with van der Waals surface area (Å²) in [4.78, 5) is 26.4. The smallest absolute Gasteiger partial charge is 0.272 e. The third kappa shape index (κ3) is 2.61. The van der Waals surface area contributed by atoms with Gasteiger partial charge in [0.15, 0.2) is 5.78 Å². The molecule has 0 saturated heterocycles. The average molecular weight is 296 g/mol. The second-order valence-electron chi connectivity index (χ2n) is 4.98. The summed E-state index contributed by atoms with van der Waals surface area (Å²) in [6.07, 6.45) is 0. The molecule has 4 nitrogen and oxygen atoms in total. The summed E-state index contributed by atoms with van der Waals surface area (Å²) in [5.74, 6) is -0.855. The predicted molar refractivity (Wildman–Crippen MR) is 82.7 cm³/mol. The Labute approximate surface area is 126 Å². The number of ketones is 1. The van der Waals surface area contributed by atoms with Crippen molar-refractivity contribution in [1.29, 1.82) is 0 Å². The molecule has 0 unspecified atom stereocenters. The molecule has 1 aromatic heterocycles. The van der Waals surface area contributed by atoms with E-state index in [1.165, 1.54) is 19.1 Å². The Morgan fingerprint density at radius 1 is 1.09 bits per heavy atom. The summed E-state index contributed by atoms with van der Waals surface area (Å²) >= 11 is 0. The standard InChI is InChI=1S/C17H13FN2O2/c1-10(21)11-4-2-5-12(8-11)19-17(22)16-9-13-14(18)6-3-7-15(13)20-16/h2-9,20H,1H3,(H,19,22). The molecule has 0 aliphatic carbocycles. The van der Waals surface area contributed by atoms with Gasteiger partial charge in [0, 0.05) is 22.2 Å². The number of aromatic nitrogens is 1. The van der Waals surface area contributed by atoms with Gasteiger partial charge >= 0.3 is 0 Å². The molecule has 2 aromatic carbocycles. The van der Waals surface area contributed by atoms with Gasteiger partial charge in [-0.25, -0.2) is 4.39 Å². The van der Waals surface area contributed by atoms with Crippen molar-refractivity contribution in [2.45, 2.75) is 6.92 Å². The topological polar surface area (TPSA) is 62.0 Å². The lowest BCUT2D eigenvalue weighted by Crippen LogP contribution is -2.12. The van der Waals surface area contributed by atoms with Crippen LogP contribution in [0, 0.1) is 5.82 Å². The zero-order chi connectivity index (χ0) is 15.7. The second-order valence-corrected chi connectivity index (χ2v) is 4.98. The molecule has 0 fully saturated rings. The molecule has 0 aliphatic rings. The second kappa shape index (κ2) is 5.44. The van der Waals surface area contributed by atoms with Crippen molar-refractivity contribution in [3.8, 4) is 0 Å². The maximum absolute atomic E-state index is 13.6. The molecular formula is C17H13FN2O2. The number of carbonyl (C=O) groups is 2. The van der Waals surface area contributed by atoms with Crippen molar-refractivity contribution in [2.24, 2.45) is 0 Å². The maximum Gasteiger partial charge on any atom is 0.272 e. The van der Waals surface area contributed by atoms with Gasteiger partial charge in [0.25, 0.3) is 5.91 Å². The SMILES string of the molecule is CC(=O)c1cccc(NC(=O)c2cc3c(F)cccc3[nH]2)c1. The van der Waals surface area contributed by atoms with Gasteiger partial charge in [-0.3, -0.25) is 9.59 Å². The lowest BCUT2D eigenvalue weighted by molar-refractivity contribution is 0.100. The summed E-state index contributed by atoms with van der Waals surface area (Å²) in [7, 11) is 0. The Hall–Kier alpha value is -2.95. The minimum absolute atomic E-state index is 0.0798. The molecule has 3 rings (SSSR count). The molecule has 110 valence electrons. The van der Waals surface area contributed by atoms with Crippen molar-refractivity contribution in [1.82, 2.24) is 4.98 Å². The number of amides is 1. The van der Waals surface area contributed by atoms with E-state index < -0.39 is 5.91 Å². The van der Waals surface area contributed by atoms with E-state index in [2.05, 4.69) is 10.3 Å². The van der Waals surface area contributed by atoms with E-state index in [0.717, 1.165) is 0 Å². The molecule has 1 amide bonds. The quantitative estimate of drug-likeness (QED) is 0.723. The number of anilines is 1. The Morgan fingerprint density at radius 3 is 2.59 bits per heavy atom. The minimum atomic E-state index is -0.392. The summed E-state index contributed by atoms with van der Waals surface area (Å²) in [6, 6.07) is 12.7. The van der Waals surface area contributed by atoms with Crippen LogP contribution in [-0.2, 0) is 0 Å². The first-order valence-electron chi connectivity index (χ1n) is 6.74. The molecule has 1 heterocycles. The number of hydrogen-bond donors (Lipinski definition) is 2. The zero-order valence-corrected chi connectivity index (χ0v) is 11.8. The van der Waals surface area contributed by atoms with E-state index in [0.29, 0.717) is 22.2 Å². The van der Waals surface area contributed by atoms with Gasteiger partial charge in [0.2, 0.25) is 0 Å². The Balaban J connectivity index is 1.88. The predicted octanol–water partition coefficient (Wildman–Crippen LogP) is 3.76. The van der Waals surface area contributed by atoms with Gasteiger partial charge in [-0.15, -0.1) is 0 Å². The van der Waals surface area contributed by atoms with Crippen molar-refractivity contribution in [2.75, 3.05) is 5.32 Å². The third-order valence-electron chi connectivity index (χ3n) is 3.38. The van der Waals surface area contributed by atoms with Gasteiger partial charge in [-0.05, 0) is 37.3 Å². The Kier molecular flexibility index (Phi) is 3.47. The largest absolute Gasteiger partial charge is 0.350 e. The molecule has 3 aromatic rings.